The van der Waals surface area contributed by atoms with Crippen LogP contribution in [-0.4, -0.2) is 19.0 Å². The van der Waals surface area contributed by atoms with Gasteiger partial charge >= 0.3 is 11.9 Å². The van der Waals surface area contributed by atoms with Crippen molar-refractivity contribution in [2.75, 3.05) is 7.11 Å². The van der Waals surface area contributed by atoms with E-state index in [9.17, 15) is 9.59 Å². The van der Waals surface area contributed by atoms with Crippen LogP contribution in [0.2, 0.25) is 0 Å². The largest absolute Gasteiger partial charge is 0.465 e. The molecule has 0 amide bonds. The molecule has 0 fully saturated rings. The molecule has 0 saturated heterocycles. The fraction of sp³-hybridized carbons (Fsp3) is 0.100. The SMILES string of the molecule is COC(=O)c1ccccc1OC(=O)Cc1cccc2ccccc12. The van der Waals surface area contributed by atoms with Gasteiger partial charge in [-0.25, -0.2) is 4.79 Å². The zero-order chi connectivity index (χ0) is 16.9. The number of para-hydroxylation sites is 1. The van der Waals surface area contributed by atoms with Crippen LogP contribution in [0.5, 0.6) is 5.75 Å². The molecule has 120 valence electrons. The Labute approximate surface area is 139 Å². The number of carbonyl (C=O) groups is 2. The number of rotatable bonds is 4. The summed E-state index contributed by atoms with van der Waals surface area (Å²) in [6.07, 6.45) is 0.122. The second-order valence-corrected chi connectivity index (χ2v) is 5.28. The topological polar surface area (TPSA) is 52.6 Å². The van der Waals surface area contributed by atoms with Gasteiger partial charge in [0.2, 0.25) is 0 Å². The van der Waals surface area contributed by atoms with E-state index in [1.54, 1.807) is 24.3 Å². The predicted molar refractivity (Wildman–Crippen MR) is 91.1 cm³/mol. The fourth-order valence-corrected chi connectivity index (χ4v) is 2.60. The molecular formula is C20H16O4. The molecule has 0 N–H and O–H groups in total. The highest BCUT2D eigenvalue weighted by Gasteiger charge is 2.16. The van der Waals surface area contributed by atoms with Gasteiger partial charge in [-0.15, -0.1) is 0 Å². The third-order valence-corrected chi connectivity index (χ3v) is 3.73. The van der Waals surface area contributed by atoms with Crippen LogP contribution >= 0.6 is 0 Å². The molecule has 3 aromatic carbocycles. The predicted octanol–water partition coefficient (Wildman–Crippen LogP) is 3.77. The van der Waals surface area contributed by atoms with E-state index in [-0.39, 0.29) is 17.7 Å². The van der Waals surface area contributed by atoms with E-state index < -0.39 is 11.9 Å². The van der Waals surface area contributed by atoms with Crippen LogP contribution in [0.3, 0.4) is 0 Å². The number of carbonyl (C=O) groups excluding carboxylic acids is 2. The molecule has 0 radical (unpaired) electrons. The molecular weight excluding hydrogens is 304 g/mol. The first-order chi connectivity index (χ1) is 11.7. The minimum absolute atomic E-state index is 0.122. The lowest BCUT2D eigenvalue weighted by atomic mass is 10.0. The lowest BCUT2D eigenvalue weighted by Crippen LogP contribution is -2.14. The molecule has 0 aromatic heterocycles. The summed E-state index contributed by atoms with van der Waals surface area (Å²) in [5.41, 5.74) is 1.11. The zero-order valence-electron chi connectivity index (χ0n) is 13.2. The number of benzene rings is 3. The van der Waals surface area contributed by atoms with Gasteiger partial charge in [-0.1, -0.05) is 54.6 Å². The average molecular weight is 320 g/mol. The number of hydrogen-bond acceptors (Lipinski definition) is 4. The van der Waals surface area contributed by atoms with Crippen LogP contribution < -0.4 is 4.74 Å². The van der Waals surface area contributed by atoms with Crippen molar-refractivity contribution in [3.05, 3.63) is 77.9 Å². The molecule has 0 aliphatic carbocycles. The van der Waals surface area contributed by atoms with Crippen molar-refractivity contribution in [3.8, 4) is 5.75 Å². The van der Waals surface area contributed by atoms with Crippen molar-refractivity contribution < 1.29 is 19.1 Å². The maximum absolute atomic E-state index is 12.3. The Morgan fingerprint density at radius 2 is 1.58 bits per heavy atom. The molecule has 0 aliphatic rings. The van der Waals surface area contributed by atoms with Crippen molar-refractivity contribution in [1.82, 2.24) is 0 Å². The smallest absolute Gasteiger partial charge is 0.341 e. The summed E-state index contributed by atoms with van der Waals surface area (Å²) in [5.74, 6) is -0.763. The summed E-state index contributed by atoms with van der Waals surface area (Å²) in [7, 11) is 1.29. The van der Waals surface area contributed by atoms with Crippen molar-refractivity contribution >= 4 is 22.7 Å². The van der Waals surface area contributed by atoms with Gasteiger partial charge in [0.1, 0.15) is 11.3 Å². The van der Waals surface area contributed by atoms with E-state index in [1.807, 2.05) is 42.5 Å². The molecule has 0 aliphatic heterocycles. The first-order valence-corrected chi connectivity index (χ1v) is 7.53. The van der Waals surface area contributed by atoms with Crippen molar-refractivity contribution in [3.63, 3.8) is 0 Å². The fourth-order valence-electron chi connectivity index (χ4n) is 2.60. The van der Waals surface area contributed by atoms with Crippen LogP contribution in [0.15, 0.2) is 66.7 Å². The maximum atomic E-state index is 12.3. The minimum atomic E-state index is -0.538. The molecule has 0 spiro atoms. The first kappa shape index (κ1) is 15.7. The minimum Gasteiger partial charge on any atom is -0.465 e. The van der Waals surface area contributed by atoms with Crippen LogP contribution in [-0.2, 0) is 16.0 Å². The van der Waals surface area contributed by atoms with E-state index in [0.29, 0.717) is 0 Å². The molecule has 4 heteroatoms. The Hall–Kier alpha value is -3.14. The normalized spacial score (nSPS) is 10.4. The quantitative estimate of drug-likeness (QED) is 0.542. The molecule has 0 unspecified atom stereocenters. The summed E-state index contributed by atoms with van der Waals surface area (Å²) in [4.78, 5) is 24.0. The summed E-state index contributed by atoms with van der Waals surface area (Å²) in [6, 6.07) is 20.2. The number of esters is 2. The number of fused-ring (bicyclic) bond motifs is 1. The number of hydrogen-bond donors (Lipinski definition) is 0. The Kier molecular flexibility index (Phi) is 4.57. The molecule has 3 aromatic rings. The zero-order valence-corrected chi connectivity index (χ0v) is 13.2. The van der Waals surface area contributed by atoms with E-state index in [1.165, 1.54) is 7.11 Å². The molecule has 0 saturated carbocycles. The average Bonchev–Trinajstić information content (AvgIpc) is 2.62. The Bertz CT molecular complexity index is 894. The lowest BCUT2D eigenvalue weighted by Gasteiger charge is -2.10. The van der Waals surface area contributed by atoms with Crippen LogP contribution in [0.25, 0.3) is 10.8 Å². The van der Waals surface area contributed by atoms with Gasteiger partial charge in [0.25, 0.3) is 0 Å². The van der Waals surface area contributed by atoms with E-state index in [2.05, 4.69) is 0 Å². The molecule has 4 nitrogen and oxygen atoms in total. The Morgan fingerprint density at radius 1 is 0.875 bits per heavy atom. The van der Waals surface area contributed by atoms with Crippen LogP contribution in [0.1, 0.15) is 15.9 Å². The van der Waals surface area contributed by atoms with Gasteiger partial charge in [-0.3, -0.25) is 4.79 Å². The maximum Gasteiger partial charge on any atom is 0.341 e. The van der Waals surface area contributed by atoms with E-state index >= 15 is 0 Å². The van der Waals surface area contributed by atoms with Gasteiger partial charge in [-0.2, -0.15) is 0 Å². The Morgan fingerprint density at radius 3 is 2.42 bits per heavy atom. The highest BCUT2D eigenvalue weighted by molar-refractivity contribution is 5.94. The van der Waals surface area contributed by atoms with E-state index in [0.717, 1.165) is 16.3 Å². The van der Waals surface area contributed by atoms with Crippen LogP contribution in [0.4, 0.5) is 0 Å². The molecule has 0 atom stereocenters. The highest BCUT2D eigenvalue weighted by atomic mass is 16.5. The lowest BCUT2D eigenvalue weighted by molar-refractivity contribution is -0.133. The Balaban J connectivity index is 1.83. The molecule has 24 heavy (non-hydrogen) atoms. The summed E-state index contributed by atoms with van der Waals surface area (Å²) >= 11 is 0. The molecule has 3 rings (SSSR count). The number of methoxy groups -OCH3 is 1. The van der Waals surface area contributed by atoms with Crippen molar-refractivity contribution in [1.29, 1.82) is 0 Å². The first-order valence-electron chi connectivity index (χ1n) is 7.53. The van der Waals surface area contributed by atoms with Gasteiger partial charge in [0.05, 0.1) is 13.5 Å². The van der Waals surface area contributed by atoms with Crippen LogP contribution in [0, 0.1) is 0 Å². The van der Waals surface area contributed by atoms with Gasteiger partial charge in [-0.05, 0) is 28.5 Å². The van der Waals surface area contributed by atoms with Gasteiger partial charge in [0, 0.05) is 0 Å². The highest BCUT2D eigenvalue weighted by Crippen LogP contribution is 2.22. The number of ether oxygens (including phenoxy) is 2. The van der Waals surface area contributed by atoms with Crippen molar-refractivity contribution in [2.24, 2.45) is 0 Å². The molecule has 0 heterocycles. The summed E-state index contributed by atoms with van der Waals surface area (Å²) in [5, 5.41) is 2.08. The van der Waals surface area contributed by atoms with E-state index in [4.69, 9.17) is 9.47 Å². The van der Waals surface area contributed by atoms with Gasteiger partial charge in [0.15, 0.2) is 0 Å². The third-order valence-electron chi connectivity index (χ3n) is 3.73. The monoisotopic (exact) mass is 320 g/mol. The van der Waals surface area contributed by atoms with Crippen molar-refractivity contribution in [2.45, 2.75) is 6.42 Å². The second kappa shape index (κ2) is 6.96. The van der Waals surface area contributed by atoms with Gasteiger partial charge < -0.3 is 9.47 Å². The molecule has 0 bridgehead atoms. The third kappa shape index (κ3) is 3.27. The standard InChI is InChI=1S/C20H16O4/c1-23-20(22)17-11-4-5-12-18(17)24-19(21)13-15-9-6-8-14-7-2-3-10-16(14)15/h2-12H,13H2,1H3. The summed E-state index contributed by atoms with van der Waals surface area (Å²) in [6.45, 7) is 0. The second-order valence-electron chi connectivity index (χ2n) is 5.28. The summed E-state index contributed by atoms with van der Waals surface area (Å²) < 4.78 is 10.1.